The van der Waals surface area contributed by atoms with Crippen LogP contribution < -0.4 is 10.6 Å². The highest BCUT2D eigenvalue weighted by Crippen LogP contribution is 2.22. The zero-order valence-electron chi connectivity index (χ0n) is 10.3. The second-order valence-corrected chi connectivity index (χ2v) is 4.51. The average molecular weight is 236 g/mol. The molecule has 0 saturated carbocycles. The van der Waals surface area contributed by atoms with Crippen molar-refractivity contribution < 1.29 is 4.79 Å². The highest BCUT2D eigenvalue weighted by molar-refractivity contribution is 5.86. The van der Waals surface area contributed by atoms with E-state index in [0.29, 0.717) is 6.54 Å². The van der Waals surface area contributed by atoms with Gasteiger partial charge in [-0.25, -0.2) is 4.98 Å². The molecule has 0 bridgehead atoms. The standard InChI is InChI=1S/C12H20N4O/c1-2-12(5-3-6-16-12)11(17)15-7-4-10-13-8-9-14-10/h8-9,16H,2-7H2,1H3,(H,13,14)(H,15,17). The van der Waals surface area contributed by atoms with Crippen LogP contribution in [0, 0.1) is 0 Å². The minimum absolute atomic E-state index is 0.129. The second kappa shape index (κ2) is 5.31. The van der Waals surface area contributed by atoms with Crippen LogP contribution in [0.5, 0.6) is 0 Å². The summed E-state index contributed by atoms with van der Waals surface area (Å²) in [5, 5.41) is 6.32. The van der Waals surface area contributed by atoms with E-state index in [1.54, 1.807) is 12.4 Å². The monoisotopic (exact) mass is 236 g/mol. The summed E-state index contributed by atoms with van der Waals surface area (Å²) in [6, 6.07) is 0. The molecule has 1 atom stereocenters. The maximum Gasteiger partial charge on any atom is 0.240 e. The first kappa shape index (κ1) is 12.1. The van der Waals surface area contributed by atoms with Crippen molar-refractivity contribution in [2.45, 2.75) is 38.1 Å². The Hall–Kier alpha value is -1.36. The van der Waals surface area contributed by atoms with E-state index in [4.69, 9.17) is 0 Å². The smallest absolute Gasteiger partial charge is 0.240 e. The van der Waals surface area contributed by atoms with Crippen LogP contribution in [-0.4, -0.2) is 34.5 Å². The molecule has 1 unspecified atom stereocenters. The Labute approximate surface area is 101 Å². The van der Waals surface area contributed by atoms with Crippen LogP contribution in [0.3, 0.4) is 0 Å². The van der Waals surface area contributed by atoms with Crippen molar-refractivity contribution in [1.29, 1.82) is 0 Å². The maximum absolute atomic E-state index is 12.1. The van der Waals surface area contributed by atoms with E-state index in [1.165, 1.54) is 0 Å². The number of nitrogens with one attached hydrogen (secondary N) is 3. The van der Waals surface area contributed by atoms with Crippen LogP contribution >= 0.6 is 0 Å². The van der Waals surface area contributed by atoms with Crippen molar-refractivity contribution in [3.8, 4) is 0 Å². The van der Waals surface area contributed by atoms with Gasteiger partial charge in [0.25, 0.3) is 0 Å². The van der Waals surface area contributed by atoms with E-state index in [-0.39, 0.29) is 11.4 Å². The van der Waals surface area contributed by atoms with Gasteiger partial charge in [0.2, 0.25) is 5.91 Å². The first-order chi connectivity index (χ1) is 8.27. The zero-order chi connectivity index (χ0) is 12.1. The second-order valence-electron chi connectivity index (χ2n) is 4.51. The molecule has 1 amide bonds. The molecule has 2 heterocycles. The third-order valence-corrected chi connectivity index (χ3v) is 3.48. The van der Waals surface area contributed by atoms with Crippen molar-refractivity contribution in [3.05, 3.63) is 18.2 Å². The van der Waals surface area contributed by atoms with Gasteiger partial charge in [0.15, 0.2) is 0 Å². The zero-order valence-corrected chi connectivity index (χ0v) is 10.3. The number of carbonyl (C=O) groups is 1. The minimum Gasteiger partial charge on any atom is -0.354 e. The van der Waals surface area contributed by atoms with Gasteiger partial charge in [-0.15, -0.1) is 0 Å². The Morgan fingerprint density at radius 3 is 3.12 bits per heavy atom. The van der Waals surface area contributed by atoms with Crippen molar-refractivity contribution in [3.63, 3.8) is 0 Å². The van der Waals surface area contributed by atoms with Crippen LogP contribution in [-0.2, 0) is 11.2 Å². The molecule has 5 nitrogen and oxygen atoms in total. The highest BCUT2D eigenvalue weighted by Gasteiger charge is 2.38. The molecule has 2 rings (SSSR count). The Balaban J connectivity index is 1.80. The number of nitrogens with zero attached hydrogens (tertiary/aromatic N) is 1. The fraction of sp³-hybridized carbons (Fsp3) is 0.667. The van der Waals surface area contributed by atoms with Crippen LogP contribution in [0.1, 0.15) is 32.0 Å². The van der Waals surface area contributed by atoms with Crippen LogP contribution in [0.15, 0.2) is 12.4 Å². The number of amides is 1. The van der Waals surface area contributed by atoms with Gasteiger partial charge in [0.05, 0.1) is 5.54 Å². The molecule has 1 aliphatic heterocycles. The molecule has 0 spiro atoms. The number of aromatic nitrogens is 2. The summed E-state index contributed by atoms with van der Waals surface area (Å²) in [4.78, 5) is 19.3. The molecule has 3 N–H and O–H groups in total. The lowest BCUT2D eigenvalue weighted by Crippen LogP contribution is -2.53. The van der Waals surface area contributed by atoms with Crippen molar-refractivity contribution in [2.75, 3.05) is 13.1 Å². The molecule has 1 fully saturated rings. The largest absolute Gasteiger partial charge is 0.354 e. The van der Waals surface area contributed by atoms with Crippen molar-refractivity contribution >= 4 is 5.91 Å². The Morgan fingerprint density at radius 2 is 2.53 bits per heavy atom. The molecule has 1 aromatic rings. The summed E-state index contributed by atoms with van der Waals surface area (Å²) >= 11 is 0. The normalized spacial score (nSPS) is 23.8. The number of carbonyl (C=O) groups excluding carboxylic acids is 1. The van der Waals surface area contributed by atoms with Gasteiger partial charge >= 0.3 is 0 Å². The van der Waals surface area contributed by atoms with Gasteiger partial charge in [-0.3, -0.25) is 4.79 Å². The van der Waals surface area contributed by atoms with Gasteiger partial charge < -0.3 is 15.6 Å². The third kappa shape index (κ3) is 2.66. The van der Waals surface area contributed by atoms with Gasteiger partial charge in [-0.2, -0.15) is 0 Å². The van der Waals surface area contributed by atoms with Crippen LogP contribution in [0.2, 0.25) is 0 Å². The number of imidazole rings is 1. The highest BCUT2D eigenvalue weighted by atomic mass is 16.2. The molecular weight excluding hydrogens is 216 g/mol. The summed E-state index contributed by atoms with van der Waals surface area (Å²) in [6.07, 6.45) is 7.14. The molecule has 1 aromatic heterocycles. The SMILES string of the molecule is CCC1(C(=O)NCCc2ncc[nH]2)CCCN1. The van der Waals surface area contributed by atoms with Gasteiger partial charge in [-0.05, 0) is 25.8 Å². The quantitative estimate of drug-likeness (QED) is 0.701. The Bertz CT molecular complexity index is 355. The summed E-state index contributed by atoms with van der Waals surface area (Å²) in [5.41, 5.74) is -0.330. The number of hydrogen-bond acceptors (Lipinski definition) is 3. The van der Waals surface area contributed by atoms with E-state index in [1.807, 2.05) is 0 Å². The van der Waals surface area contributed by atoms with Crippen molar-refractivity contribution in [1.82, 2.24) is 20.6 Å². The number of aromatic amines is 1. The average Bonchev–Trinajstić information content (AvgIpc) is 3.00. The number of hydrogen-bond donors (Lipinski definition) is 3. The molecule has 94 valence electrons. The van der Waals surface area contributed by atoms with E-state index in [9.17, 15) is 4.79 Å². The predicted octanol–water partition coefficient (Wildman–Crippen LogP) is 0.601. The predicted molar refractivity (Wildman–Crippen MR) is 65.6 cm³/mol. The molecule has 1 aliphatic rings. The summed E-state index contributed by atoms with van der Waals surface area (Å²) in [6.45, 7) is 3.64. The molecule has 0 radical (unpaired) electrons. The first-order valence-electron chi connectivity index (χ1n) is 6.28. The lowest BCUT2D eigenvalue weighted by Gasteiger charge is -2.26. The summed E-state index contributed by atoms with van der Waals surface area (Å²) < 4.78 is 0. The number of H-pyrrole nitrogens is 1. The molecule has 0 aliphatic carbocycles. The first-order valence-corrected chi connectivity index (χ1v) is 6.28. The van der Waals surface area contributed by atoms with E-state index >= 15 is 0 Å². The fourth-order valence-corrected chi connectivity index (χ4v) is 2.36. The minimum atomic E-state index is -0.330. The number of rotatable bonds is 5. The summed E-state index contributed by atoms with van der Waals surface area (Å²) in [7, 11) is 0. The van der Waals surface area contributed by atoms with Gasteiger partial charge in [0, 0.05) is 25.4 Å². The van der Waals surface area contributed by atoms with E-state index in [0.717, 1.165) is 38.1 Å². The Kier molecular flexibility index (Phi) is 3.78. The summed E-state index contributed by atoms with van der Waals surface area (Å²) in [5.74, 6) is 1.04. The van der Waals surface area contributed by atoms with E-state index < -0.39 is 0 Å². The van der Waals surface area contributed by atoms with Crippen molar-refractivity contribution in [2.24, 2.45) is 0 Å². The molecule has 5 heteroatoms. The van der Waals surface area contributed by atoms with Gasteiger partial charge in [-0.1, -0.05) is 6.92 Å². The van der Waals surface area contributed by atoms with Crippen LogP contribution in [0.25, 0.3) is 0 Å². The Morgan fingerprint density at radius 1 is 1.65 bits per heavy atom. The fourth-order valence-electron chi connectivity index (χ4n) is 2.36. The molecular formula is C12H20N4O. The third-order valence-electron chi connectivity index (χ3n) is 3.48. The topological polar surface area (TPSA) is 69.8 Å². The molecule has 0 aromatic carbocycles. The molecule has 1 saturated heterocycles. The van der Waals surface area contributed by atoms with Gasteiger partial charge in [0.1, 0.15) is 5.82 Å². The van der Waals surface area contributed by atoms with E-state index in [2.05, 4.69) is 27.5 Å². The molecule has 17 heavy (non-hydrogen) atoms. The lowest BCUT2D eigenvalue weighted by molar-refractivity contribution is -0.127. The lowest BCUT2D eigenvalue weighted by atomic mass is 9.93. The maximum atomic E-state index is 12.1. The van der Waals surface area contributed by atoms with Crippen LogP contribution in [0.4, 0.5) is 0 Å².